The maximum Gasteiger partial charge on any atom is 0.322 e. The van der Waals surface area contributed by atoms with Crippen molar-refractivity contribution in [2.45, 2.75) is 38.3 Å². The van der Waals surface area contributed by atoms with Crippen molar-refractivity contribution in [2.24, 2.45) is 0 Å². The molecule has 4 heterocycles. The topological polar surface area (TPSA) is 86.0 Å². The first-order valence-electron chi connectivity index (χ1n) is 10.6. The average Bonchev–Trinajstić information content (AvgIpc) is 3.50. The summed E-state index contributed by atoms with van der Waals surface area (Å²) in [5, 5.41) is 16.8. The van der Waals surface area contributed by atoms with Gasteiger partial charge in [-0.15, -0.1) is 0 Å². The number of halogens is 1. The van der Waals surface area contributed by atoms with E-state index in [2.05, 4.69) is 15.3 Å². The summed E-state index contributed by atoms with van der Waals surface area (Å²) in [6, 6.07) is 7.06. The molecule has 0 radical (unpaired) electrons. The minimum absolute atomic E-state index is 0.126. The van der Waals surface area contributed by atoms with Gasteiger partial charge in [-0.05, 0) is 49.4 Å². The molecule has 2 aromatic heterocycles. The van der Waals surface area contributed by atoms with Gasteiger partial charge in [0.15, 0.2) is 5.65 Å². The van der Waals surface area contributed by atoms with E-state index in [4.69, 9.17) is 4.98 Å². The molecule has 31 heavy (non-hydrogen) atoms. The van der Waals surface area contributed by atoms with Crippen molar-refractivity contribution < 1.29 is 14.3 Å². The molecule has 2 saturated heterocycles. The number of rotatable bonds is 3. The normalized spacial score (nSPS) is 21.3. The number of urea groups is 1. The van der Waals surface area contributed by atoms with Gasteiger partial charge in [0.25, 0.3) is 0 Å². The van der Waals surface area contributed by atoms with Crippen LogP contribution in [0.1, 0.15) is 36.4 Å². The van der Waals surface area contributed by atoms with Gasteiger partial charge in [-0.25, -0.2) is 18.7 Å². The number of nitrogens with one attached hydrogen (secondary N) is 1. The van der Waals surface area contributed by atoms with Gasteiger partial charge in [-0.1, -0.05) is 12.1 Å². The van der Waals surface area contributed by atoms with E-state index < -0.39 is 6.10 Å². The lowest BCUT2D eigenvalue weighted by Gasteiger charge is -2.26. The second-order valence-corrected chi connectivity index (χ2v) is 8.29. The fourth-order valence-electron chi connectivity index (χ4n) is 4.49. The van der Waals surface area contributed by atoms with Crippen LogP contribution in [0.4, 0.5) is 20.7 Å². The summed E-state index contributed by atoms with van der Waals surface area (Å²) in [5.41, 5.74) is 2.81. The van der Waals surface area contributed by atoms with E-state index in [9.17, 15) is 14.3 Å². The zero-order valence-corrected chi connectivity index (χ0v) is 17.3. The molecule has 9 heteroatoms. The number of amides is 2. The third-order valence-corrected chi connectivity index (χ3v) is 6.16. The van der Waals surface area contributed by atoms with Crippen LogP contribution in [-0.4, -0.2) is 56.4 Å². The number of carbonyl (C=O) groups excluding carboxylic acids is 1. The molecule has 2 aliphatic heterocycles. The minimum atomic E-state index is -0.471. The number of fused-ring (bicyclic) bond motifs is 1. The maximum atomic E-state index is 13.7. The zero-order valence-electron chi connectivity index (χ0n) is 17.3. The van der Waals surface area contributed by atoms with Crippen LogP contribution < -0.4 is 10.2 Å². The van der Waals surface area contributed by atoms with E-state index in [1.807, 2.05) is 24.4 Å². The Bertz CT molecular complexity index is 1130. The summed E-state index contributed by atoms with van der Waals surface area (Å²) >= 11 is 0. The second-order valence-electron chi connectivity index (χ2n) is 8.29. The number of benzene rings is 1. The van der Waals surface area contributed by atoms with Crippen molar-refractivity contribution in [3.05, 3.63) is 53.6 Å². The number of anilines is 2. The average molecular weight is 424 g/mol. The largest absolute Gasteiger partial charge is 0.391 e. The lowest BCUT2D eigenvalue weighted by Crippen LogP contribution is -2.33. The van der Waals surface area contributed by atoms with Gasteiger partial charge in [-0.2, -0.15) is 5.10 Å². The highest BCUT2D eigenvalue weighted by atomic mass is 19.1. The predicted molar refractivity (Wildman–Crippen MR) is 115 cm³/mol. The molecule has 162 valence electrons. The number of β-amino-alcohol motifs (C(OH)–C–C–N with tert-alkyl or cyclic N) is 1. The molecule has 2 atom stereocenters. The molecule has 2 aliphatic rings. The van der Waals surface area contributed by atoms with Gasteiger partial charge in [0, 0.05) is 25.8 Å². The van der Waals surface area contributed by atoms with Gasteiger partial charge in [0.05, 0.1) is 18.3 Å². The van der Waals surface area contributed by atoms with Crippen LogP contribution in [0.2, 0.25) is 0 Å². The van der Waals surface area contributed by atoms with E-state index in [0.29, 0.717) is 36.4 Å². The smallest absolute Gasteiger partial charge is 0.322 e. The highest BCUT2D eigenvalue weighted by molar-refractivity contribution is 5.93. The number of aryl methyl sites for hydroxylation is 1. The molecule has 2 N–H and O–H groups in total. The van der Waals surface area contributed by atoms with Crippen molar-refractivity contribution in [3.63, 3.8) is 0 Å². The van der Waals surface area contributed by atoms with E-state index in [1.54, 1.807) is 22.5 Å². The highest BCUT2D eigenvalue weighted by Gasteiger charge is 2.29. The number of nitrogens with zero attached hydrogens (tertiary/aromatic N) is 5. The van der Waals surface area contributed by atoms with Gasteiger partial charge in [0.2, 0.25) is 0 Å². The van der Waals surface area contributed by atoms with Crippen LogP contribution in [-0.2, 0) is 0 Å². The first-order valence-corrected chi connectivity index (χ1v) is 10.6. The van der Waals surface area contributed by atoms with Crippen LogP contribution in [0.15, 0.2) is 36.7 Å². The Hall–Kier alpha value is -3.20. The van der Waals surface area contributed by atoms with Gasteiger partial charge in [0.1, 0.15) is 17.3 Å². The van der Waals surface area contributed by atoms with E-state index in [0.717, 1.165) is 30.8 Å². The molecule has 8 nitrogen and oxygen atoms in total. The molecule has 0 saturated carbocycles. The van der Waals surface area contributed by atoms with Crippen LogP contribution in [0, 0.1) is 12.7 Å². The van der Waals surface area contributed by atoms with Crippen LogP contribution >= 0.6 is 0 Å². The van der Waals surface area contributed by atoms with Crippen molar-refractivity contribution in [1.82, 2.24) is 19.5 Å². The number of aliphatic hydroxyl groups is 1. The molecule has 0 bridgehead atoms. The number of hydrogen-bond donors (Lipinski definition) is 2. The summed E-state index contributed by atoms with van der Waals surface area (Å²) in [4.78, 5) is 21.1. The first kappa shape index (κ1) is 19.7. The Balaban J connectivity index is 1.42. The Labute approximate surface area is 179 Å². The molecule has 5 rings (SSSR count). The molecule has 3 aromatic rings. The molecule has 1 aromatic carbocycles. The Morgan fingerprint density at radius 2 is 2.13 bits per heavy atom. The van der Waals surface area contributed by atoms with Gasteiger partial charge >= 0.3 is 6.03 Å². The van der Waals surface area contributed by atoms with E-state index >= 15 is 0 Å². The second kappa shape index (κ2) is 7.81. The maximum absolute atomic E-state index is 13.7. The molecule has 0 unspecified atom stereocenters. The number of hydrogen-bond acceptors (Lipinski definition) is 5. The van der Waals surface area contributed by atoms with E-state index in [-0.39, 0.29) is 17.9 Å². The molecule has 2 fully saturated rings. The van der Waals surface area contributed by atoms with Crippen LogP contribution in [0.3, 0.4) is 0 Å². The summed E-state index contributed by atoms with van der Waals surface area (Å²) in [6.45, 7) is 3.49. The fourth-order valence-corrected chi connectivity index (χ4v) is 4.49. The third-order valence-electron chi connectivity index (χ3n) is 6.16. The quantitative estimate of drug-likeness (QED) is 0.675. The molecule has 0 spiro atoms. The molecular weight excluding hydrogens is 399 g/mol. The van der Waals surface area contributed by atoms with Gasteiger partial charge in [-0.3, -0.25) is 0 Å². The number of likely N-dealkylation sites (tertiary alicyclic amines) is 1. The van der Waals surface area contributed by atoms with Crippen molar-refractivity contribution in [3.8, 4) is 0 Å². The van der Waals surface area contributed by atoms with Crippen molar-refractivity contribution in [2.75, 3.05) is 29.9 Å². The van der Waals surface area contributed by atoms with E-state index in [1.165, 1.54) is 6.07 Å². The highest BCUT2D eigenvalue weighted by Crippen LogP contribution is 2.36. The standard InChI is InChI=1S/C22H25FN6O2/c1-14-11-15(4-5-17(14)23)19-3-2-8-28(19)20-7-10-29-21(26-20)18(12-24-29)25-22(31)27-9-6-16(30)13-27/h4-5,7,10-12,16,19,30H,2-3,6,8-9,13H2,1H3,(H,25,31)/t16-,19+/m0/s1. The van der Waals surface area contributed by atoms with Crippen molar-refractivity contribution >= 4 is 23.2 Å². The van der Waals surface area contributed by atoms with Crippen LogP contribution in [0.5, 0.6) is 0 Å². The SMILES string of the molecule is Cc1cc([C@H]2CCCN2c2ccn3ncc(NC(=O)N4CC[C@H](O)C4)c3n2)ccc1F. The zero-order chi connectivity index (χ0) is 21.5. The first-order chi connectivity index (χ1) is 15.0. The Morgan fingerprint density at radius 3 is 2.90 bits per heavy atom. The summed E-state index contributed by atoms with van der Waals surface area (Å²) in [7, 11) is 0. The summed E-state index contributed by atoms with van der Waals surface area (Å²) in [5.74, 6) is 0.600. The van der Waals surface area contributed by atoms with Crippen LogP contribution in [0.25, 0.3) is 5.65 Å². The number of carbonyl (C=O) groups is 1. The molecular formula is C22H25FN6O2. The fraction of sp³-hybridized carbons (Fsp3) is 0.409. The Morgan fingerprint density at radius 1 is 1.26 bits per heavy atom. The summed E-state index contributed by atoms with van der Waals surface area (Å²) < 4.78 is 15.4. The number of aromatic nitrogens is 3. The Kier molecular flexibility index (Phi) is 4.97. The minimum Gasteiger partial charge on any atom is -0.391 e. The monoisotopic (exact) mass is 424 g/mol. The number of aliphatic hydroxyl groups excluding tert-OH is 1. The lowest BCUT2D eigenvalue weighted by atomic mass is 10.0. The van der Waals surface area contributed by atoms with Crippen molar-refractivity contribution in [1.29, 1.82) is 0 Å². The molecule has 2 amide bonds. The molecule has 0 aliphatic carbocycles. The predicted octanol–water partition coefficient (Wildman–Crippen LogP) is 3.12. The third kappa shape index (κ3) is 3.69. The van der Waals surface area contributed by atoms with Gasteiger partial charge < -0.3 is 20.2 Å². The summed E-state index contributed by atoms with van der Waals surface area (Å²) in [6.07, 6.45) is 5.52. The lowest BCUT2D eigenvalue weighted by molar-refractivity contribution is 0.176.